The molecule has 3 rings (SSSR count). The molecule has 3 nitrogen and oxygen atoms in total. The summed E-state index contributed by atoms with van der Waals surface area (Å²) in [6.45, 7) is 1.94. The van der Waals surface area contributed by atoms with Gasteiger partial charge in [-0.25, -0.2) is 0 Å². The first kappa shape index (κ1) is 12.9. The van der Waals surface area contributed by atoms with Gasteiger partial charge in [-0.05, 0) is 55.9 Å². The summed E-state index contributed by atoms with van der Waals surface area (Å²) in [5.74, 6) is 0.116. The van der Waals surface area contributed by atoms with Crippen molar-refractivity contribution >= 4 is 17.5 Å². The molecule has 2 aliphatic rings. The summed E-state index contributed by atoms with van der Waals surface area (Å²) in [5.41, 5.74) is 2.59. The number of carbonyl (C=O) groups is 1. The number of hydrogen-bond acceptors (Lipinski definition) is 2. The van der Waals surface area contributed by atoms with Gasteiger partial charge in [0, 0.05) is 17.1 Å². The highest BCUT2D eigenvalue weighted by molar-refractivity contribution is 6.30. The number of benzene rings is 1. The lowest BCUT2D eigenvalue weighted by molar-refractivity contribution is -0.123. The fourth-order valence-corrected chi connectivity index (χ4v) is 2.89. The Morgan fingerprint density at radius 2 is 2.16 bits per heavy atom. The second-order valence-electron chi connectivity index (χ2n) is 5.61. The molecular formula is C15H19ClN2O. The molecule has 1 fully saturated rings. The molecule has 1 saturated carbocycles. The van der Waals surface area contributed by atoms with Crippen LogP contribution in [0.4, 0.5) is 0 Å². The molecule has 0 aliphatic heterocycles. The van der Waals surface area contributed by atoms with E-state index in [1.54, 1.807) is 0 Å². The monoisotopic (exact) mass is 278 g/mol. The van der Waals surface area contributed by atoms with Crippen molar-refractivity contribution in [1.29, 1.82) is 0 Å². The number of carbonyl (C=O) groups excluding carboxylic acids is 1. The zero-order valence-corrected chi connectivity index (χ0v) is 11.8. The lowest BCUT2D eigenvalue weighted by atomic mass is 10.1. The molecule has 0 aromatic heterocycles. The van der Waals surface area contributed by atoms with E-state index in [9.17, 15) is 4.79 Å². The molecule has 0 heterocycles. The molecule has 2 unspecified atom stereocenters. The van der Waals surface area contributed by atoms with Crippen molar-refractivity contribution in [1.82, 2.24) is 10.6 Å². The molecule has 0 radical (unpaired) electrons. The van der Waals surface area contributed by atoms with Gasteiger partial charge in [0.15, 0.2) is 0 Å². The zero-order chi connectivity index (χ0) is 13.4. The van der Waals surface area contributed by atoms with Crippen LogP contribution in [0, 0.1) is 0 Å². The molecule has 1 amide bonds. The minimum atomic E-state index is -0.146. The van der Waals surface area contributed by atoms with Gasteiger partial charge in [0.25, 0.3) is 0 Å². The molecule has 4 heteroatoms. The Labute approximate surface area is 118 Å². The minimum absolute atomic E-state index is 0.116. The quantitative estimate of drug-likeness (QED) is 0.889. The van der Waals surface area contributed by atoms with Crippen molar-refractivity contribution in [3.8, 4) is 0 Å². The molecule has 1 aromatic carbocycles. The van der Waals surface area contributed by atoms with Gasteiger partial charge in [-0.15, -0.1) is 0 Å². The van der Waals surface area contributed by atoms with E-state index in [4.69, 9.17) is 11.6 Å². The largest absolute Gasteiger partial charge is 0.352 e. The summed E-state index contributed by atoms with van der Waals surface area (Å²) in [7, 11) is 0. The van der Waals surface area contributed by atoms with Crippen molar-refractivity contribution < 1.29 is 4.79 Å². The Bertz CT molecular complexity index is 499. The normalized spacial score (nSPS) is 22.9. The van der Waals surface area contributed by atoms with Gasteiger partial charge < -0.3 is 5.32 Å². The first-order valence-electron chi connectivity index (χ1n) is 6.98. The average Bonchev–Trinajstić information content (AvgIpc) is 3.11. The van der Waals surface area contributed by atoms with Crippen LogP contribution < -0.4 is 10.6 Å². The van der Waals surface area contributed by atoms with Gasteiger partial charge in [-0.2, -0.15) is 0 Å². The minimum Gasteiger partial charge on any atom is -0.352 e. The van der Waals surface area contributed by atoms with E-state index < -0.39 is 0 Å². The lowest BCUT2D eigenvalue weighted by Crippen LogP contribution is -2.44. The zero-order valence-electron chi connectivity index (χ0n) is 11.1. The number of amides is 1. The Balaban J connectivity index is 1.63. The number of hydrogen-bond donors (Lipinski definition) is 2. The predicted octanol–water partition coefficient (Wildman–Crippen LogP) is 2.58. The number of halogens is 1. The van der Waals surface area contributed by atoms with Gasteiger partial charge in [0.1, 0.15) is 0 Å². The molecule has 102 valence electrons. The van der Waals surface area contributed by atoms with Crippen molar-refractivity contribution in [3.63, 3.8) is 0 Å². The van der Waals surface area contributed by atoms with Gasteiger partial charge in [-0.3, -0.25) is 10.1 Å². The molecule has 2 atom stereocenters. The van der Waals surface area contributed by atoms with E-state index >= 15 is 0 Å². The maximum Gasteiger partial charge on any atom is 0.237 e. The molecule has 1 aromatic rings. The van der Waals surface area contributed by atoms with E-state index in [0.29, 0.717) is 6.04 Å². The Morgan fingerprint density at radius 3 is 2.89 bits per heavy atom. The van der Waals surface area contributed by atoms with Gasteiger partial charge in [0.05, 0.1) is 6.04 Å². The number of nitrogens with one attached hydrogen (secondary N) is 2. The summed E-state index contributed by atoms with van der Waals surface area (Å²) in [6.07, 6.45) is 4.33. The van der Waals surface area contributed by atoms with E-state index in [1.807, 2.05) is 19.1 Å². The van der Waals surface area contributed by atoms with Crippen LogP contribution >= 0.6 is 11.6 Å². The van der Waals surface area contributed by atoms with Crippen LogP contribution in [0.25, 0.3) is 0 Å². The highest BCUT2D eigenvalue weighted by Crippen LogP contribution is 2.33. The maximum absolute atomic E-state index is 12.0. The number of aryl methyl sites for hydroxylation is 1. The van der Waals surface area contributed by atoms with Crippen LogP contribution in [0.15, 0.2) is 18.2 Å². The smallest absolute Gasteiger partial charge is 0.237 e. The van der Waals surface area contributed by atoms with Gasteiger partial charge in [0.2, 0.25) is 5.91 Å². The van der Waals surface area contributed by atoms with Crippen LogP contribution in [-0.4, -0.2) is 18.0 Å². The fraction of sp³-hybridized carbons (Fsp3) is 0.533. The van der Waals surface area contributed by atoms with Crippen LogP contribution in [0.3, 0.4) is 0 Å². The molecule has 0 bridgehead atoms. The highest BCUT2D eigenvalue weighted by atomic mass is 35.5. The van der Waals surface area contributed by atoms with Crippen molar-refractivity contribution in [2.24, 2.45) is 0 Å². The standard InChI is InChI=1S/C15H19ClN2O/c1-9(15(19)18-12-4-5-12)17-14-7-2-10-8-11(16)3-6-13(10)14/h3,6,8-9,12,14,17H,2,4-5,7H2,1H3,(H,18,19). The van der Waals surface area contributed by atoms with E-state index in [-0.39, 0.29) is 18.0 Å². The SMILES string of the molecule is CC(NC1CCc2cc(Cl)ccc21)C(=O)NC1CC1. The van der Waals surface area contributed by atoms with Crippen molar-refractivity contribution in [3.05, 3.63) is 34.3 Å². The number of fused-ring (bicyclic) bond motifs is 1. The highest BCUT2D eigenvalue weighted by Gasteiger charge is 2.29. The summed E-state index contributed by atoms with van der Waals surface area (Å²) in [6, 6.07) is 6.59. The van der Waals surface area contributed by atoms with Crippen LogP contribution in [0.1, 0.15) is 43.4 Å². The van der Waals surface area contributed by atoms with Crippen molar-refractivity contribution in [2.75, 3.05) is 0 Å². The fourth-order valence-electron chi connectivity index (χ4n) is 2.69. The summed E-state index contributed by atoms with van der Waals surface area (Å²) < 4.78 is 0. The third-order valence-corrected chi connectivity index (χ3v) is 4.19. The molecule has 19 heavy (non-hydrogen) atoms. The Hall–Kier alpha value is -1.06. The third-order valence-electron chi connectivity index (χ3n) is 3.95. The second-order valence-corrected chi connectivity index (χ2v) is 6.04. The molecular weight excluding hydrogens is 260 g/mol. The summed E-state index contributed by atoms with van der Waals surface area (Å²) in [5, 5.41) is 7.26. The third kappa shape index (κ3) is 2.93. The number of rotatable bonds is 4. The first-order valence-corrected chi connectivity index (χ1v) is 7.36. The maximum atomic E-state index is 12.0. The second kappa shape index (κ2) is 5.14. The van der Waals surface area contributed by atoms with Crippen LogP contribution in [0.5, 0.6) is 0 Å². The Morgan fingerprint density at radius 1 is 1.37 bits per heavy atom. The Kier molecular flexibility index (Phi) is 3.50. The first-order chi connectivity index (χ1) is 9.13. The van der Waals surface area contributed by atoms with Crippen LogP contribution in [-0.2, 0) is 11.2 Å². The van der Waals surface area contributed by atoms with E-state index in [2.05, 4.69) is 16.7 Å². The molecule has 0 saturated heterocycles. The topological polar surface area (TPSA) is 41.1 Å². The van der Waals surface area contributed by atoms with Crippen molar-refractivity contribution in [2.45, 2.75) is 50.7 Å². The predicted molar refractivity (Wildman–Crippen MR) is 76.3 cm³/mol. The van der Waals surface area contributed by atoms with Gasteiger partial charge >= 0.3 is 0 Å². The molecule has 0 spiro atoms. The van der Waals surface area contributed by atoms with Crippen LogP contribution in [0.2, 0.25) is 5.02 Å². The van der Waals surface area contributed by atoms with E-state index in [1.165, 1.54) is 11.1 Å². The molecule has 2 aliphatic carbocycles. The summed E-state index contributed by atoms with van der Waals surface area (Å²) in [4.78, 5) is 12.0. The lowest BCUT2D eigenvalue weighted by Gasteiger charge is -2.20. The summed E-state index contributed by atoms with van der Waals surface area (Å²) >= 11 is 6.01. The average molecular weight is 279 g/mol. The van der Waals surface area contributed by atoms with E-state index in [0.717, 1.165) is 30.7 Å². The van der Waals surface area contributed by atoms with Gasteiger partial charge in [-0.1, -0.05) is 17.7 Å². The molecule has 2 N–H and O–H groups in total.